The van der Waals surface area contributed by atoms with Crippen molar-refractivity contribution in [3.05, 3.63) is 75.8 Å². The van der Waals surface area contributed by atoms with Crippen LogP contribution in [0.25, 0.3) is 6.08 Å². The summed E-state index contributed by atoms with van der Waals surface area (Å²) in [6, 6.07) is 9.69. The van der Waals surface area contributed by atoms with Gasteiger partial charge in [0.25, 0.3) is 0 Å². The zero-order valence-electron chi connectivity index (χ0n) is 11.8. The van der Waals surface area contributed by atoms with Crippen molar-refractivity contribution >= 4 is 33.8 Å². The largest absolute Gasteiger partial charge is 0.454 e. The lowest BCUT2D eigenvalue weighted by molar-refractivity contribution is -0.136. The van der Waals surface area contributed by atoms with E-state index in [4.69, 9.17) is 4.74 Å². The average Bonchev–Trinajstić information content (AvgIpc) is 2.54. The molecule has 0 atom stereocenters. The quantitative estimate of drug-likeness (QED) is 0.444. The highest BCUT2D eigenvalue weighted by molar-refractivity contribution is 9.10. The van der Waals surface area contributed by atoms with Gasteiger partial charge in [-0.25, -0.2) is 13.6 Å². The second-order valence-electron chi connectivity index (χ2n) is 4.54. The molecule has 0 saturated heterocycles. The number of hydrogen-bond acceptors (Lipinski definition) is 3. The lowest BCUT2D eigenvalue weighted by Gasteiger charge is -2.03. The Balaban J connectivity index is 1.92. The van der Waals surface area contributed by atoms with E-state index in [1.807, 2.05) is 0 Å². The maximum atomic E-state index is 13.4. The fourth-order valence-electron chi connectivity index (χ4n) is 1.71. The maximum absolute atomic E-state index is 13.4. The molecule has 0 amide bonds. The van der Waals surface area contributed by atoms with E-state index >= 15 is 0 Å². The SMILES string of the molecule is O=C(/C=C/c1ccc(Br)cc1)OCC(=O)c1cc(F)ccc1F. The molecule has 0 N–H and O–H groups in total. The van der Waals surface area contributed by atoms with Crippen molar-refractivity contribution in [3.63, 3.8) is 0 Å². The average molecular weight is 381 g/mol. The number of ether oxygens (including phenoxy) is 1. The Hall–Kier alpha value is -2.34. The van der Waals surface area contributed by atoms with E-state index < -0.39 is 35.6 Å². The van der Waals surface area contributed by atoms with Crippen LogP contribution in [0.1, 0.15) is 15.9 Å². The van der Waals surface area contributed by atoms with Crippen molar-refractivity contribution in [1.29, 1.82) is 0 Å². The monoisotopic (exact) mass is 380 g/mol. The van der Waals surface area contributed by atoms with E-state index in [9.17, 15) is 18.4 Å². The number of halogens is 3. The Labute approximate surface area is 139 Å². The second kappa shape index (κ2) is 7.78. The number of Topliss-reactive ketones (excluding diaryl/α,β-unsaturated/α-hetero) is 1. The van der Waals surface area contributed by atoms with E-state index in [-0.39, 0.29) is 0 Å². The third-order valence-electron chi connectivity index (χ3n) is 2.86. The minimum absolute atomic E-state index is 0.449. The Morgan fingerprint density at radius 2 is 1.78 bits per heavy atom. The number of rotatable bonds is 5. The van der Waals surface area contributed by atoms with E-state index in [0.29, 0.717) is 0 Å². The Morgan fingerprint density at radius 3 is 2.48 bits per heavy atom. The first kappa shape index (κ1) is 17.0. The van der Waals surface area contributed by atoms with Crippen molar-refractivity contribution in [2.45, 2.75) is 0 Å². The minimum atomic E-state index is -0.863. The number of ketones is 1. The van der Waals surface area contributed by atoms with Crippen molar-refractivity contribution in [2.24, 2.45) is 0 Å². The first-order chi connectivity index (χ1) is 11.0. The van der Waals surface area contributed by atoms with Gasteiger partial charge < -0.3 is 4.74 Å². The predicted molar refractivity (Wildman–Crippen MR) is 84.8 cm³/mol. The molecule has 23 heavy (non-hydrogen) atoms. The van der Waals surface area contributed by atoms with E-state index in [0.717, 1.165) is 34.3 Å². The van der Waals surface area contributed by atoms with Gasteiger partial charge in [-0.05, 0) is 42.0 Å². The highest BCUT2D eigenvalue weighted by atomic mass is 79.9. The van der Waals surface area contributed by atoms with Gasteiger partial charge in [0.05, 0.1) is 5.56 Å². The predicted octanol–water partition coefficient (Wildman–Crippen LogP) is 4.17. The molecule has 0 unspecified atom stereocenters. The highest BCUT2D eigenvalue weighted by Gasteiger charge is 2.14. The molecule has 0 aliphatic heterocycles. The summed E-state index contributed by atoms with van der Waals surface area (Å²) in [5, 5.41) is 0. The second-order valence-corrected chi connectivity index (χ2v) is 5.46. The molecule has 0 spiro atoms. The van der Waals surface area contributed by atoms with Gasteiger partial charge in [-0.1, -0.05) is 28.1 Å². The molecule has 0 heterocycles. The molecule has 2 aromatic carbocycles. The molecular weight excluding hydrogens is 370 g/mol. The highest BCUT2D eigenvalue weighted by Crippen LogP contribution is 2.12. The molecule has 0 radical (unpaired) electrons. The van der Waals surface area contributed by atoms with Crippen molar-refractivity contribution < 1.29 is 23.1 Å². The molecule has 0 bridgehead atoms. The van der Waals surface area contributed by atoms with E-state index in [2.05, 4.69) is 15.9 Å². The van der Waals surface area contributed by atoms with Crippen molar-refractivity contribution in [2.75, 3.05) is 6.61 Å². The molecule has 118 valence electrons. The van der Waals surface area contributed by atoms with Crippen LogP contribution >= 0.6 is 15.9 Å². The summed E-state index contributed by atoms with van der Waals surface area (Å²) in [5.74, 6) is -3.17. The molecule has 2 rings (SSSR count). The zero-order chi connectivity index (χ0) is 16.8. The lowest BCUT2D eigenvalue weighted by atomic mass is 10.1. The van der Waals surface area contributed by atoms with Crippen molar-refractivity contribution in [3.8, 4) is 0 Å². The Morgan fingerprint density at radius 1 is 1.09 bits per heavy atom. The molecule has 6 heteroatoms. The Bertz CT molecular complexity index is 755. The molecule has 0 aromatic heterocycles. The van der Waals surface area contributed by atoms with Crippen LogP contribution in [0.5, 0.6) is 0 Å². The van der Waals surface area contributed by atoms with Gasteiger partial charge in [-0.15, -0.1) is 0 Å². The van der Waals surface area contributed by atoms with Crippen LogP contribution in [-0.4, -0.2) is 18.4 Å². The van der Waals surface area contributed by atoms with Gasteiger partial charge in [0, 0.05) is 10.5 Å². The molecule has 0 aliphatic rings. The minimum Gasteiger partial charge on any atom is -0.454 e. The number of hydrogen-bond donors (Lipinski definition) is 0. The third kappa shape index (κ3) is 5.10. The maximum Gasteiger partial charge on any atom is 0.331 e. The molecule has 0 fully saturated rings. The topological polar surface area (TPSA) is 43.4 Å². The number of benzene rings is 2. The van der Waals surface area contributed by atoms with Gasteiger partial charge in [-0.2, -0.15) is 0 Å². The Kier molecular flexibility index (Phi) is 5.76. The zero-order valence-corrected chi connectivity index (χ0v) is 13.3. The van der Waals surface area contributed by atoms with Crippen molar-refractivity contribution in [1.82, 2.24) is 0 Å². The van der Waals surface area contributed by atoms with Gasteiger partial charge in [0.15, 0.2) is 6.61 Å². The van der Waals surface area contributed by atoms with E-state index in [1.165, 1.54) is 6.08 Å². The first-order valence-corrected chi connectivity index (χ1v) is 7.33. The van der Waals surface area contributed by atoms with Crippen LogP contribution in [0.4, 0.5) is 8.78 Å². The normalized spacial score (nSPS) is 10.7. The van der Waals surface area contributed by atoms with Gasteiger partial charge in [0.1, 0.15) is 11.6 Å². The fraction of sp³-hybridized carbons (Fsp3) is 0.0588. The number of carbonyl (C=O) groups excluding carboxylic acids is 2. The molecule has 3 nitrogen and oxygen atoms in total. The lowest BCUT2D eigenvalue weighted by Crippen LogP contribution is -2.14. The summed E-state index contributed by atoms with van der Waals surface area (Å²) in [4.78, 5) is 23.3. The number of esters is 1. The molecule has 2 aromatic rings. The molecular formula is C17H11BrF2O3. The standard InChI is InChI=1S/C17H11BrF2O3/c18-12-4-1-11(2-5-12)3-8-17(22)23-10-16(21)14-9-13(19)6-7-15(14)20/h1-9H,10H2/b8-3+. The first-order valence-electron chi connectivity index (χ1n) is 6.54. The van der Waals surface area contributed by atoms with Gasteiger partial charge in [0.2, 0.25) is 5.78 Å². The summed E-state index contributed by atoms with van der Waals surface area (Å²) in [5.41, 5.74) is 0.322. The third-order valence-corrected chi connectivity index (χ3v) is 3.38. The fourth-order valence-corrected chi connectivity index (χ4v) is 1.98. The molecule has 0 aliphatic carbocycles. The molecule has 0 saturated carbocycles. The smallest absolute Gasteiger partial charge is 0.331 e. The van der Waals surface area contributed by atoms with Gasteiger partial charge in [-0.3, -0.25) is 4.79 Å². The van der Waals surface area contributed by atoms with E-state index in [1.54, 1.807) is 24.3 Å². The van der Waals surface area contributed by atoms with Crippen LogP contribution in [0.15, 0.2) is 53.0 Å². The van der Waals surface area contributed by atoms with Crippen LogP contribution in [0.2, 0.25) is 0 Å². The van der Waals surface area contributed by atoms with Gasteiger partial charge >= 0.3 is 5.97 Å². The summed E-state index contributed by atoms with van der Waals surface area (Å²) >= 11 is 3.29. The summed E-state index contributed by atoms with van der Waals surface area (Å²) in [7, 11) is 0. The number of carbonyl (C=O) groups is 2. The summed E-state index contributed by atoms with van der Waals surface area (Å²) in [6.07, 6.45) is 2.67. The van der Waals surface area contributed by atoms with Crippen LogP contribution in [0.3, 0.4) is 0 Å². The van der Waals surface area contributed by atoms with Crippen LogP contribution in [-0.2, 0) is 9.53 Å². The summed E-state index contributed by atoms with van der Waals surface area (Å²) in [6.45, 7) is -0.663. The van der Waals surface area contributed by atoms with Crippen LogP contribution in [0, 0.1) is 11.6 Å². The van der Waals surface area contributed by atoms with Crippen LogP contribution < -0.4 is 0 Å². The summed E-state index contributed by atoms with van der Waals surface area (Å²) < 4.78 is 32.0.